The van der Waals surface area contributed by atoms with Crippen molar-refractivity contribution < 1.29 is 38.4 Å². The van der Waals surface area contributed by atoms with Crippen LogP contribution in [0.3, 0.4) is 0 Å². The van der Waals surface area contributed by atoms with E-state index in [2.05, 4.69) is 31.9 Å². The third-order valence-electron chi connectivity index (χ3n) is 7.85. The molecule has 0 radical (unpaired) electrons. The highest BCUT2D eigenvalue weighted by atomic mass is 79.9. The Morgan fingerprint density at radius 2 is 1.40 bits per heavy atom. The number of carbonyl (C=O) groups excluding carboxylic acids is 5. The van der Waals surface area contributed by atoms with Crippen molar-refractivity contribution in [1.82, 2.24) is 4.90 Å². The van der Waals surface area contributed by atoms with E-state index in [0.29, 0.717) is 12.8 Å². The largest absolute Gasteiger partial charge is 0.456 e. The van der Waals surface area contributed by atoms with Crippen molar-refractivity contribution in [3.05, 3.63) is 106 Å². The van der Waals surface area contributed by atoms with Crippen LogP contribution >= 0.6 is 31.9 Å². The Balaban J connectivity index is 1.24. The smallest absolute Gasteiger partial charge is 0.343 e. The highest BCUT2D eigenvalue weighted by Crippen LogP contribution is 2.44. The van der Waals surface area contributed by atoms with Gasteiger partial charge in [-0.1, -0.05) is 62.2 Å². The van der Waals surface area contributed by atoms with Gasteiger partial charge in [-0.15, -0.1) is 0 Å². The minimum atomic E-state index is -1.24. The third kappa shape index (κ3) is 7.20. The van der Waals surface area contributed by atoms with Gasteiger partial charge in [0, 0.05) is 33.8 Å². The molecule has 3 aromatic carbocycles. The van der Waals surface area contributed by atoms with Gasteiger partial charge in [0.15, 0.2) is 12.4 Å². The molecule has 0 aromatic heterocycles. The lowest BCUT2D eigenvalue weighted by atomic mass is 9.81. The van der Waals surface area contributed by atoms with E-state index in [1.165, 1.54) is 48.5 Å². The van der Waals surface area contributed by atoms with Crippen molar-refractivity contribution >= 4 is 67.1 Å². The van der Waals surface area contributed by atoms with Crippen LogP contribution in [0.2, 0.25) is 0 Å². The minimum absolute atomic E-state index is 0.00446. The van der Waals surface area contributed by atoms with Crippen molar-refractivity contribution in [3.8, 4) is 5.75 Å². The predicted octanol–water partition coefficient (Wildman–Crippen LogP) is 5.07. The molecule has 0 bridgehead atoms. The number of ether oxygens (including phenoxy) is 2. The second kappa shape index (κ2) is 13.8. The van der Waals surface area contributed by atoms with Crippen LogP contribution in [0.25, 0.3) is 0 Å². The SMILES string of the molecule is O=C(COC(=O)C(Cc1ccccc1)N1C(=O)C2CC(Br)C(Br)CC2C1=O)c1ccc(OC(=O)c2ccc([N+](=O)[O-])cc2)cc1. The van der Waals surface area contributed by atoms with Crippen molar-refractivity contribution in [3.63, 3.8) is 0 Å². The first kappa shape index (κ1) is 32.2. The Bertz CT molecular complexity index is 1600. The first-order chi connectivity index (χ1) is 21.5. The van der Waals surface area contributed by atoms with Gasteiger partial charge in [-0.2, -0.15) is 0 Å². The quantitative estimate of drug-likeness (QED) is 0.0528. The number of nitro benzene ring substituents is 1. The van der Waals surface area contributed by atoms with Crippen LogP contribution in [0, 0.1) is 22.0 Å². The molecule has 1 heterocycles. The minimum Gasteiger partial charge on any atom is -0.456 e. The number of nitrogens with zero attached hydrogens (tertiary/aromatic N) is 2. The zero-order valence-corrected chi connectivity index (χ0v) is 26.7. The first-order valence-corrected chi connectivity index (χ1v) is 15.8. The number of esters is 2. The van der Waals surface area contributed by atoms with Crippen molar-refractivity contribution in [2.75, 3.05) is 6.61 Å². The van der Waals surface area contributed by atoms with E-state index in [1.807, 2.05) is 6.07 Å². The second-order valence-corrected chi connectivity index (χ2v) is 13.1. The molecule has 13 heteroatoms. The molecule has 2 aliphatic rings. The maximum Gasteiger partial charge on any atom is 0.343 e. The molecule has 1 aliphatic heterocycles. The van der Waals surface area contributed by atoms with Gasteiger partial charge in [-0.05, 0) is 54.8 Å². The highest BCUT2D eigenvalue weighted by molar-refractivity contribution is 9.12. The number of amides is 2. The molecule has 11 nitrogen and oxygen atoms in total. The summed E-state index contributed by atoms with van der Waals surface area (Å²) >= 11 is 7.14. The van der Waals surface area contributed by atoms with Crippen LogP contribution in [0.1, 0.15) is 39.1 Å². The summed E-state index contributed by atoms with van der Waals surface area (Å²) in [4.78, 5) is 76.9. The second-order valence-electron chi connectivity index (χ2n) is 10.7. The third-order valence-corrected chi connectivity index (χ3v) is 10.6. The number of alkyl halides is 2. The van der Waals surface area contributed by atoms with E-state index in [1.54, 1.807) is 24.3 Å². The fourth-order valence-corrected chi connectivity index (χ4v) is 6.69. The van der Waals surface area contributed by atoms with E-state index in [9.17, 15) is 34.1 Å². The number of hydrogen-bond acceptors (Lipinski definition) is 9. The number of likely N-dealkylation sites (tertiary alicyclic amines) is 1. The van der Waals surface area contributed by atoms with Crippen molar-refractivity contribution in [2.45, 2.75) is 35.0 Å². The number of nitro groups is 1. The molecule has 1 saturated heterocycles. The summed E-state index contributed by atoms with van der Waals surface area (Å²) in [5.41, 5.74) is 0.824. The highest BCUT2D eigenvalue weighted by Gasteiger charge is 2.55. The molecular formula is C32H26Br2N2O9. The number of non-ortho nitro benzene ring substituents is 1. The van der Waals surface area contributed by atoms with Crippen LogP contribution in [0.5, 0.6) is 5.75 Å². The molecule has 232 valence electrons. The summed E-state index contributed by atoms with van der Waals surface area (Å²) in [7, 11) is 0. The molecule has 1 saturated carbocycles. The van der Waals surface area contributed by atoms with E-state index in [0.717, 1.165) is 10.5 Å². The Kier molecular flexibility index (Phi) is 9.88. The van der Waals surface area contributed by atoms with Gasteiger partial charge in [0.05, 0.1) is 22.3 Å². The summed E-state index contributed by atoms with van der Waals surface area (Å²) in [6.45, 7) is -0.637. The predicted molar refractivity (Wildman–Crippen MR) is 167 cm³/mol. The van der Waals surface area contributed by atoms with E-state index in [-0.39, 0.29) is 38.6 Å². The number of imide groups is 1. The molecule has 5 unspecified atom stereocenters. The van der Waals surface area contributed by atoms with Crippen LogP contribution in [-0.2, 0) is 25.5 Å². The average Bonchev–Trinajstić information content (AvgIpc) is 3.27. The number of Topliss-reactive ketones (excluding diaryl/α,β-unsaturated/α-hetero) is 1. The number of halogens is 2. The Morgan fingerprint density at radius 3 is 1.96 bits per heavy atom. The average molecular weight is 742 g/mol. The number of ketones is 1. The van der Waals surface area contributed by atoms with Gasteiger partial charge in [-0.25, -0.2) is 9.59 Å². The van der Waals surface area contributed by atoms with Gasteiger partial charge in [0.2, 0.25) is 11.8 Å². The first-order valence-electron chi connectivity index (χ1n) is 14.0. The van der Waals surface area contributed by atoms with Crippen molar-refractivity contribution in [2.24, 2.45) is 11.8 Å². The Hall–Kier alpha value is -4.23. The molecule has 2 fully saturated rings. The van der Waals surface area contributed by atoms with E-state index < -0.39 is 58.9 Å². The summed E-state index contributed by atoms with van der Waals surface area (Å²) in [5.74, 6) is -3.97. The molecule has 3 aromatic rings. The zero-order chi connectivity index (χ0) is 32.2. The Labute approximate surface area is 274 Å². The van der Waals surface area contributed by atoms with Crippen LogP contribution in [-0.4, -0.2) is 61.7 Å². The fourth-order valence-electron chi connectivity index (χ4n) is 5.46. The zero-order valence-electron chi connectivity index (χ0n) is 23.5. The number of hydrogen-bond donors (Lipinski definition) is 0. The molecule has 5 atom stereocenters. The molecule has 1 aliphatic carbocycles. The van der Waals surface area contributed by atoms with Gasteiger partial charge < -0.3 is 9.47 Å². The topological polar surface area (TPSA) is 150 Å². The lowest BCUT2D eigenvalue weighted by molar-refractivity contribution is -0.384. The number of rotatable bonds is 10. The fraction of sp³-hybridized carbons (Fsp3) is 0.281. The van der Waals surface area contributed by atoms with Crippen molar-refractivity contribution in [1.29, 1.82) is 0 Å². The number of fused-ring (bicyclic) bond motifs is 1. The Morgan fingerprint density at radius 1 is 0.844 bits per heavy atom. The normalized spacial score (nSPS) is 21.5. The molecule has 0 N–H and O–H groups in total. The maximum absolute atomic E-state index is 13.5. The molecule has 2 amide bonds. The van der Waals surface area contributed by atoms with E-state index in [4.69, 9.17) is 9.47 Å². The van der Waals surface area contributed by atoms with Gasteiger partial charge in [0.25, 0.3) is 5.69 Å². The lowest BCUT2D eigenvalue weighted by Crippen LogP contribution is -2.48. The molecule has 0 spiro atoms. The molecular weight excluding hydrogens is 716 g/mol. The summed E-state index contributed by atoms with van der Waals surface area (Å²) in [6.07, 6.45) is 0.938. The molecule has 5 rings (SSSR count). The van der Waals surface area contributed by atoms with Crippen LogP contribution < -0.4 is 4.74 Å². The van der Waals surface area contributed by atoms with Gasteiger partial charge in [0.1, 0.15) is 11.8 Å². The summed E-state index contributed by atoms with van der Waals surface area (Å²) in [6, 6.07) is 18.2. The monoisotopic (exact) mass is 740 g/mol. The van der Waals surface area contributed by atoms with Gasteiger partial charge >= 0.3 is 11.9 Å². The summed E-state index contributed by atoms with van der Waals surface area (Å²) in [5, 5.41) is 10.8. The standard InChI is InChI=1S/C32H26Br2N2O9/c33-25-15-23-24(16-26(25)34)30(39)35(29(23)38)27(14-18-4-2-1-3-5-18)32(41)44-17-28(37)19-8-12-22(13-9-19)45-31(40)20-6-10-21(11-7-20)36(42)43/h1-13,23-27H,14-17H2. The molecule has 45 heavy (non-hydrogen) atoms. The van der Waals surface area contributed by atoms with Gasteiger partial charge in [-0.3, -0.25) is 29.4 Å². The summed E-state index contributed by atoms with van der Waals surface area (Å²) < 4.78 is 10.7. The van der Waals surface area contributed by atoms with Crippen LogP contribution in [0.4, 0.5) is 5.69 Å². The van der Waals surface area contributed by atoms with E-state index >= 15 is 0 Å². The number of carbonyl (C=O) groups is 5. The lowest BCUT2D eigenvalue weighted by Gasteiger charge is -2.29. The maximum atomic E-state index is 13.5. The number of benzene rings is 3. The van der Waals surface area contributed by atoms with Crippen LogP contribution in [0.15, 0.2) is 78.9 Å².